The highest BCUT2D eigenvalue weighted by Gasteiger charge is 2.32. The summed E-state index contributed by atoms with van der Waals surface area (Å²) in [4.78, 5) is 31.5. The van der Waals surface area contributed by atoms with Gasteiger partial charge in [-0.05, 0) is 35.4 Å². The molecule has 0 bridgehead atoms. The Hall–Kier alpha value is -5.44. The van der Waals surface area contributed by atoms with Gasteiger partial charge in [-0.15, -0.1) is 0 Å². The number of nitrogens with zero attached hydrogens (tertiary/aromatic N) is 2. The molecule has 1 fully saturated rings. The van der Waals surface area contributed by atoms with E-state index < -0.39 is 11.5 Å². The molecule has 1 saturated heterocycles. The first-order valence-corrected chi connectivity index (χ1v) is 15.3. The Labute approximate surface area is 266 Å². The predicted octanol–water partition coefficient (Wildman–Crippen LogP) is 6.08. The van der Waals surface area contributed by atoms with Gasteiger partial charge in [0.2, 0.25) is 12.7 Å². The molecular weight excluding hydrogens is 584 g/mol. The number of para-hydroxylation sites is 1. The molecule has 46 heavy (non-hydrogen) atoms. The number of amides is 1. The van der Waals surface area contributed by atoms with Gasteiger partial charge in [-0.3, -0.25) is 4.79 Å². The summed E-state index contributed by atoms with van der Waals surface area (Å²) in [5.74, 6) is 1.60. The number of ether oxygens (including phenoxy) is 4. The first kappa shape index (κ1) is 29.3. The van der Waals surface area contributed by atoms with Crippen LogP contribution in [-0.2, 0) is 4.79 Å². The number of benzene rings is 4. The Balaban J connectivity index is 1.34. The lowest BCUT2D eigenvalue weighted by molar-refractivity contribution is -0.131. The van der Waals surface area contributed by atoms with E-state index in [1.54, 1.807) is 20.3 Å². The number of hydrogen-bond acceptors (Lipinski definition) is 8. The van der Waals surface area contributed by atoms with Crippen molar-refractivity contribution in [3.63, 3.8) is 0 Å². The largest absolute Gasteiger partial charge is 0.496 e. The molecule has 0 saturated carbocycles. The average Bonchev–Trinajstić information content (AvgIpc) is 3.58. The lowest BCUT2D eigenvalue weighted by Gasteiger charge is -2.37. The second-order valence-electron chi connectivity index (χ2n) is 11.3. The van der Waals surface area contributed by atoms with Gasteiger partial charge in [0.1, 0.15) is 17.1 Å². The van der Waals surface area contributed by atoms with Crippen LogP contribution in [0, 0.1) is 0 Å². The van der Waals surface area contributed by atoms with Crippen LogP contribution in [0.5, 0.6) is 23.0 Å². The molecule has 9 nitrogen and oxygen atoms in total. The fraction of sp³-hybridized carbons (Fsp3) is 0.243. The summed E-state index contributed by atoms with van der Waals surface area (Å²) in [6.07, 6.45) is 0.113. The minimum atomic E-state index is -0.549. The molecular formula is C37H34N2O7. The summed E-state index contributed by atoms with van der Waals surface area (Å²) >= 11 is 0. The molecule has 0 N–H and O–H groups in total. The van der Waals surface area contributed by atoms with Gasteiger partial charge in [-0.1, -0.05) is 54.6 Å². The molecule has 0 unspecified atom stereocenters. The van der Waals surface area contributed by atoms with Gasteiger partial charge in [0.25, 0.3) is 0 Å². The number of carbonyl (C=O) groups excluding carboxylic acids is 1. The molecule has 9 heteroatoms. The van der Waals surface area contributed by atoms with Gasteiger partial charge < -0.3 is 33.2 Å². The van der Waals surface area contributed by atoms with Crippen molar-refractivity contribution in [1.82, 2.24) is 4.90 Å². The number of piperazine rings is 1. The van der Waals surface area contributed by atoms with Crippen molar-refractivity contribution in [2.24, 2.45) is 0 Å². The van der Waals surface area contributed by atoms with Crippen LogP contribution in [0.3, 0.4) is 0 Å². The maximum atomic E-state index is 14.1. The van der Waals surface area contributed by atoms with E-state index in [4.69, 9.17) is 23.4 Å². The second kappa shape index (κ2) is 12.5. The molecule has 3 heterocycles. The number of fused-ring (bicyclic) bond motifs is 2. The van der Waals surface area contributed by atoms with Crippen LogP contribution in [0.4, 0.5) is 5.69 Å². The maximum absolute atomic E-state index is 14.1. The SMILES string of the molecule is COc1cc(OC)c2c(-c3ccccc3)cc(=O)oc2c1[C@H](CC(=O)N1CCN(c2ccccc2)CC1)c1ccc2c(c1)OCO2. The van der Waals surface area contributed by atoms with E-state index in [1.807, 2.05) is 71.6 Å². The average molecular weight is 619 g/mol. The van der Waals surface area contributed by atoms with Crippen molar-refractivity contribution in [1.29, 1.82) is 0 Å². The van der Waals surface area contributed by atoms with Crippen LogP contribution in [0.2, 0.25) is 0 Å². The van der Waals surface area contributed by atoms with Gasteiger partial charge in [0, 0.05) is 67.5 Å². The fourth-order valence-electron chi connectivity index (χ4n) is 6.49. The summed E-state index contributed by atoms with van der Waals surface area (Å²) in [5.41, 5.74) is 3.83. The second-order valence-corrected chi connectivity index (χ2v) is 11.3. The summed E-state index contributed by atoms with van der Waals surface area (Å²) in [7, 11) is 3.13. The molecule has 2 aliphatic heterocycles. The smallest absolute Gasteiger partial charge is 0.336 e. The Morgan fingerprint density at radius 3 is 2.22 bits per heavy atom. The van der Waals surface area contributed by atoms with E-state index in [1.165, 1.54) is 6.07 Å². The van der Waals surface area contributed by atoms with Crippen LogP contribution in [0.1, 0.15) is 23.5 Å². The minimum Gasteiger partial charge on any atom is -0.496 e. The summed E-state index contributed by atoms with van der Waals surface area (Å²) in [5, 5.41) is 0.624. The van der Waals surface area contributed by atoms with Gasteiger partial charge in [0.05, 0.1) is 19.6 Å². The quantitative estimate of drug-likeness (QED) is 0.194. The molecule has 0 radical (unpaired) electrons. The fourth-order valence-corrected chi connectivity index (χ4v) is 6.49. The van der Waals surface area contributed by atoms with E-state index in [0.717, 1.165) is 29.9 Å². The Morgan fingerprint density at radius 2 is 1.50 bits per heavy atom. The highest BCUT2D eigenvalue weighted by atomic mass is 16.7. The van der Waals surface area contributed by atoms with Gasteiger partial charge in [-0.2, -0.15) is 0 Å². The molecule has 4 aromatic carbocycles. The number of carbonyl (C=O) groups is 1. The highest BCUT2D eigenvalue weighted by Crippen LogP contribution is 2.47. The zero-order valence-electron chi connectivity index (χ0n) is 25.7. The third-order valence-corrected chi connectivity index (χ3v) is 8.78. The van der Waals surface area contributed by atoms with E-state index >= 15 is 0 Å². The van der Waals surface area contributed by atoms with Crippen LogP contribution in [0.15, 0.2) is 100 Å². The molecule has 5 aromatic rings. The van der Waals surface area contributed by atoms with E-state index in [9.17, 15) is 9.59 Å². The molecule has 0 aliphatic carbocycles. The van der Waals surface area contributed by atoms with Crippen molar-refractivity contribution >= 4 is 22.6 Å². The number of anilines is 1. The highest BCUT2D eigenvalue weighted by molar-refractivity contribution is 6.01. The van der Waals surface area contributed by atoms with Crippen molar-refractivity contribution in [3.8, 4) is 34.1 Å². The van der Waals surface area contributed by atoms with E-state index in [-0.39, 0.29) is 19.1 Å². The van der Waals surface area contributed by atoms with Crippen LogP contribution < -0.4 is 29.5 Å². The number of hydrogen-bond donors (Lipinski definition) is 0. The molecule has 7 rings (SSSR count). The lowest BCUT2D eigenvalue weighted by atomic mass is 9.85. The molecule has 2 aliphatic rings. The number of methoxy groups -OCH3 is 2. The lowest BCUT2D eigenvalue weighted by Crippen LogP contribution is -2.49. The molecule has 234 valence electrons. The Kier molecular flexibility index (Phi) is 7.97. The van der Waals surface area contributed by atoms with Gasteiger partial charge in [-0.25, -0.2) is 4.79 Å². The maximum Gasteiger partial charge on any atom is 0.336 e. The Morgan fingerprint density at radius 1 is 0.804 bits per heavy atom. The van der Waals surface area contributed by atoms with Crippen molar-refractivity contribution in [2.45, 2.75) is 12.3 Å². The van der Waals surface area contributed by atoms with Gasteiger partial charge >= 0.3 is 5.63 Å². The van der Waals surface area contributed by atoms with Crippen LogP contribution >= 0.6 is 0 Å². The van der Waals surface area contributed by atoms with Crippen LogP contribution in [-0.4, -0.2) is 58.0 Å². The standard InChI is InChI=1S/C37H34N2O7/c1-42-31-22-32(43-2)36-28(24-9-5-3-6-10-24)21-34(41)46-37(36)35(31)27(25-13-14-29-30(19-25)45-23-44-29)20-33(40)39-17-15-38(16-18-39)26-11-7-4-8-12-26/h3-14,19,21-22,27H,15-18,20,23H2,1-2H3/t27-/m1/s1. The monoisotopic (exact) mass is 618 g/mol. The molecule has 0 spiro atoms. The van der Waals surface area contributed by atoms with Crippen molar-refractivity contribution in [2.75, 3.05) is 52.1 Å². The topological polar surface area (TPSA) is 90.7 Å². The van der Waals surface area contributed by atoms with Crippen LogP contribution in [0.25, 0.3) is 22.1 Å². The van der Waals surface area contributed by atoms with Gasteiger partial charge in [0.15, 0.2) is 11.5 Å². The van der Waals surface area contributed by atoms with Crippen molar-refractivity contribution in [3.05, 3.63) is 113 Å². The molecule has 1 amide bonds. The molecule has 1 aromatic heterocycles. The summed E-state index contributed by atoms with van der Waals surface area (Å²) in [6, 6.07) is 28.8. The molecule has 1 atom stereocenters. The normalized spacial score (nSPS) is 14.7. The van der Waals surface area contributed by atoms with Crippen molar-refractivity contribution < 1.29 is 28.2 Å². The number of rotatable bonds is 8. The summed E-state index contributed by atoms with van der Waals surface area (Å²) in [6.45, 7) is 2.77. The van der Waals surface area contributed by atoms with E-state index in [0.29, 0.717) is 58.2 Å². The third-order valence-electron chi connectivity index (χ3n) is 8.78. The zero-order chi connectivity index (χ0) is 31.6. The van der Waals surface area contributed by atoms with E-state index in [2.05, 4.69) is 17.0 Å². The first-order chi connectivity index (χ1) is 22.5. The predicted molar refractivity (Wildman–Crippen MR) is 175 cm³/mol. The Bertz CT molecular complexity index is 1930. The first-order valence-electron chi connectivity index (χ1n) is 15.3. The zero-order valence-corrected chi connectivity index (χ0v) is 25.7. The third kappa shape index (κ3) is 5.49. The minimum absolute atomic E-state index is 0.0111. The summed E-state index contributed by atoms with van der Waals surface area (Å²) < 4.78 is 29.1.